The van der Waals surface area contributed by atoms with Crippen molar-refractivity contribution in [2.45, 2.75) is 13.8 Å². The minimum atomic E-state index is -0.323. The lowest BCUT2D eigenvalue weighted by Crippen LogP contribution is -2.15. The average Bonchev–Trinajstić information content (AvgIpc) is 2.65. The number of carbonyl (C=O) groups excluding carboxylic acids is 1. The van der Waals surface area contributed by atoms with Crippen LogP contribution in [0, 0.1) is 13.8 Å². The van der Waals surface area contributed by atoms with Crippen LogP contribution >= 0.6 is 11.6 Å². The number of halogens is 1. The number of amides is 1. The molecule has 27 heavy (non-hydrogen) atoms. The van der Waals surface area contributed by atoms with Crippen LogP contribution in [0.1, 0.15) is 21.7 Å². The van der Waals surface area contributed by atoms with Crippen LogP contribution in [0.15, 0.2) is 48.5 Å². The SMILES string of the molecule is COc1ccc(NC(=O)c2cc(C)nc(Nc3cccc(Cl)c3C)n2)cc1. The van der Waals surface area contributed by atoms with Gasteiger partial charge in [0.05, 0.1) is 7.11 Å². The Morgan fingerprint density at radius 2 is 1.81 bits per heavy atom. The molecule has 7 heteroatoms. The molecule has 1 heterocycles. The Balaban J connectivity index is 1.81. The summed E-state index contributed by atoms with van der Waals surface area (Å²) < 4.78 is 5.11. The van der Waals surface area contributed by atoms with Gasteiger partial charge in [-0.1, -0.05) is 17.7 Å². The van der Waals surface area contributed by atoms with E-state index < -0.39 is 0 Å². The van der Waals surface area contributed by atoms with Gasteiger partial charge in [0, 0.05) is 22.1 Å². The number of nitrogens with zero attached hydrogens (tertiary/aromatic N) is 2. The van der Waals surface area contributed by atoms with Gasteiger partial charge in [0.1, 0.15) is 11.4 Å². The number of nitrogens with one attached hydrogen (secondary N) is 2. The molecule has 0 spiro atoms. The Kier molecular flexibility index (Phi) is 5.57. The molecular formula is C20H19ClN4O2. The van der Waals surface area contributed by atoms with Crippen molar-refractivity contribution in [2.24, 2.45) is 0 Å². The smallest absolute Gasteiger partial charge is 0.274 e. The summed E-state index contributed by atoms with van der Waals surface area (Å²) in [4.78, 5) is 21.2. The van der Waals surface area contributed by atoms with Crippen molar-refractivity contribution < 1.29 is 9.53 Å². The summed E-state index contributed by atoms with van der Waals surface area (Å²) in [5.74, 6) is 0.728. The molecule has 6 nitrogen and oxygen atoms in total. The first-order valence-corrected chi connectivity index (χ1v) is 8.67. The van der Waals surface area contributed by atoms with Crippen molar-refractivity contribution in [1.82, 2.24) is 9.97 Å². The summed E-state index contributed by atoms with van der Waals surface area (Å²) in [5.41, 5.74) is 3.26. The van der Waals surface area contributed by atoms with Gasteiger partial charge in [0.15, 0.2) is 0 Å². The highest BCUT2D eigenvalue weighted by atomic mass is 35.5. The molecule has 0 saturated carbocycles. The molecule has 0 aliphatic heterocycles. The zero-order chi connectivity index (χ0) is 19.4. The van der Waals surface area contributed by atoms with Gasteiger partial charge in [0.2, 0.25) is 5.95 Å². The summed E-state index contributed by atoms with van der Waals surface area (Å²) in [6, 6.07) is 14.2. The molecule has 1 aromatic heterocycles. The number of hydrogen-bond donors (Lipinski definition) is 2. The van der Waals surface area contributed by atoms with E-state index in [0.29, 0.717) is 28.1 Å². The first-order valence-electron chi connectivity index (χ1n) is 8.29. The predicted molar refractivity (Wildman–Crippen MR) is 107 cm³/mol. The number of aryl methyl sites for hydroxylation is 1. The van der Waals surface area contributed by atoms with E-state index in [2.05, 4.69) is 20.6 Å². The van der Waals surface area contributed by atoms with E-state index in [1.165, 1.54) is 0 Å². The third-order valence-corrected chi connectivity index (χ3v) is 4.36. The fourth-order valence-corrected chi connectivity index (χ4v) is 2.65. The zero-order valence-electron chi connectivity index (χ0n) is 15.2. The van der Waals surface area contributed by atoms with E-state index in [-0.39, 0.29) is 11.6 Å². The van der Waals surface area contributed by atoms with Crippen molar-refractivity contribution >= 4 is 34.8 Å². The van der Waals surface area contributed by atoms with E-state index in [0.717, 1.165) is 11.3 Å². The molecule has 2 aromatic carbocycles. The maximum Gasteiger partial charge on any atom is 0.274 e. The van der Waals surface area contributed by atoms with E-state index in [9.17, 15) is 4.79 Å². The van der Waals surface area contributed by atoms with Crippen LogP contribution in [0.3, 0.4) is 0 Å². The fraction of sp³-hybridized carbons (Fsp3) is 0.150. The van der Waals surface area contributed by atoms with Crippen LogP contribution in [0.2, 0.25) is 5.02 Å². The zero-order valence-corrected chi connectivity index (χ0v) is 16.0. The second kappa shape index (κ2) is 8.05. The molecule has 2 N–H and O–H groups in total. The highest BCUT2D eigenvalue weighted by Crippen LogP contribution is 2.25. The average molecular weight is 383 g/mol. The van der Waals surface area contributed by atoms with Gasteiger partial charge in [0.25, 0.3) is 5.91 Å². The third-order valence-electron chi connectivity index (χ3n) is 3.95. The topological polar surface area (TPSA) is 76.1 Å². The largest absolute Gasteiger partial charge is 0.497 e. The lowest BCUT2D eigenvalue weighted by Gasteiger charge is -2.11. The lowest BCUT2D eigenvalue weighted by atomic mass is 10.2. The minimum Gasteiger partial charge on any atom is -0.497 e. The van der Waals surface area contributed by atoms with Gasteiger partial charge in [-0.25, -0.2) is 9.97 Å². The quantitative estimate of drug-likeness (QED) is 0.665. The molecule has 138 valence electrons. The molecule has 0 bridgehead atoms. The molecule has 0 unspecified atom stereocenters. The Bertz CT molecular complexity index is 974. The van der Waals surface area contributed by atoms with Gasteiger partial charge >= 0.3 is 0 Å². The Morgan fingerprint density at radius 3 is 2.52 bits per heavy atom. The molecule has 3 rings (SSSR count). The molecule has 0 atom stereocenters. The van der Waals surface area contributed by atoms with Crippen LogP contribution < -0.4 is 15.4 Å². The minimum absolute atomic E-state index is 0.264. The van der Waals surface area contributed by atoms with Gasteiger partial charge in [-0.15, -0.1) is 0 Å². The molecule has 3 aromatic rings. The van der Waals surface area contributed by atoms with Gasteiger partial charge < -0.3 is 15.4 Å². The number of rotatable bonds is 5. The summed E-state index contributed by atoms with van der Waals surface area (Å²) >= 11 is 6.15. The van der Waals surface area contributed by atoms with Crippen LogP contribution in [-0.2, 0) is 0 Å². The number of benzene rings is 2. The van der Waals surface area contributed by atoms with Crippen LogP contribution in [0.25, 0.3) is 0 Å². The summed E-state index contributed by atoms with van der Waals surface area (Å²) in [6.45, 7) is 3.71. The van der Waals surface area contributed by atoms with E-state index in [1.54, 1.807) is 37.4 Å². The fourth-order valence-electron chi connectivity index (χ4n) is 2.47. The Morgan fingerprint density at radius 1 is 1.07 bits per heavy atom. The number of aromatic nitrogens is 2. The summed E-state index contributed by atoms with van der Waals surface area (Å²) in [6.07, 6.45) is 0. The molecule has 0 saturated heterocycles. The molecule has 0 radical (unpaired) electrons. The summed E-state index contributed by atoms with van der Waals surface area (Å²) in [7, 11) is 1.59. The Labute approximate surface area is 162 Å². The molecule has 1 amide bonds. The second-order valence-corrected chi connectivity index (χ2v) is 6.35. The number of carbonyl (C=O) groups is 1. The summed E-state index contributed by atoms with van der Waals surface area (Å²) in [5, 5.41) is 6.58. The van der Waals surface area contributed by atoms with Crippen LogP contribution in [-0.4, -0.2) is 23.0 Å². The molecule has 0 aliphatic carbocycles. The highest BCUT2D eigenvalue weighted by molar-refractivity contribution is 6.31. The molecule has 0 aliphatic rings. The highest BCUT2D eigenvalue weighted by Gasteiger charge is 2.12. The van der Waals surface area contributed by atoms with Crippen LogP contribution in [0.5, 0.6) is 5.75 Å². The standard InChI is InChI=1S/C20H19ClN4O2/c1-12-11-18(19(26)23-14-7-9-15(27-3)10-8-14)25-20(22-12)24-17-6-4-5-16(21)13(17)2/h4-11H,1-3H3,(H,23,26)(H,22,24,25). The molecular weight excluding hydrogens is 364 g/mol. The van der Waals surface area contributed by atoms with Gasteiger partial charge in [-0.05, 0) is 61.9 Å². The van der Waals surface area contributed by atoms with Gasteiger partial charge in [-0.2, -0.15) is 0 Å². The van der Waals surface area contributed by atoms with Crippen LogP contribution in [0.4, 0.5) is 17.3 Å². The van der Waals surface area contributed by atoms with Crippen molar-refractivity contribution in [3.05, 3.63) is 70.5 Å². The first-order chi connectivity index (χ1) is 13.0. The predicted octanol–water partition coefficient (Wildman–Crippen LogP) is 4.75. The van der Waals surface area contributed by atoms with E-state index in [1.807, 2.05) is 32.0 Å². The Hall–Kier alpha value is -3.12. The number of methoxy groups -OCH3 is 1. The van der Waals surface area contributed by atoms with Crippen molar-refractivity contribution in [3.8, 4) is 5.75 Å². The number of ether oxygens (including phenoxy) is 1. The maximum atomic E-state index is 12.6. The first kappa shape index (κ1) is 18.7. The van der Waals surface area contributed by atoms with E-state index in [4.69, 9.17) is 16.3 Å². The lowest BCUT2D eigenvalue weighted by molar-refractivity contribution is 0.102. The van der Waals surface area contributed by atoms with E-state index >= 15 is 0 Å². The molecule has 0 fully saturated rings. The van der Waals surface area contributed by atoms with Gasteiger partial charge in [-0.3, -0.25) is 4.79 Å². The maximum absolute atomic E-state index is 12.6. The third kappa shape index (κ3) is 4.54. The van der Waals surface area contributed by atoms with Crippen molar-refractivity contribution in [1.29, 1.82) is 0 Å². The van der Waals surface area contributed by atoms with Crippen molar-refractivity contribution in [2.75, 3.05) is 17.7 Å². The second-order valence-electron chi connectivity index (χ2n) is 5.94. The number of anilines is 3. The normalized spacial score (nSPS) is 10.4. The van der Waals surface area contributed by atoms with Crippen molar-refractivity contribution in [3.63, 3.8) is 0 Å². The monoisotopic (exact) mass is 382 g/mol. The number of hydrogen-bond acceptors (Lipinski definition) is 5.